The second-order valence-electron chi connectivity index (χ2n) is 4.52. The highest BCUT2D eigenvalue weighted by molar-refractivity contribution is 14.1. The van der Waals surface area contributed by atoms with E-state index < -0.39 is 0 Å². The lowest BCUT2D eigenvalue weighted by Gasteiger charge is -2.12. The second-order valence-corrected chi connectivity index (χ2v) is 6.09. The number of ether oxygens (including phenoxy) is 1. The maximum absolute atomic E-state index is 12.3. The fourth-order valence-electron chi connectivity index (χ4n) is 1.84. The number of benzene rings is 2. The molecule has 0 fully saturated rings. The molecule has 2 aromatic carbocycles. The first-order chi connectivity index (χ1) is 10.0. The van der Waals surface area contributed by atoms with E-state index in [2.05, 4.69) is 27.9 Å². The number of carbonyl (C=O) groups excluding carboxylic acids is 1. The monoisotopic (exact) mass is 415 g/mol. The molecule has 0 heterocycles. The van der Waals surface area contributed by atoms with Crippen LogP contribution in [0.15, 0.2) is 36.4 Å². The SMILES string of the molecule is CCOc1cc(C)ccc1NC(=O)c1ccc(I)c(Cl)c1. The van der Waals surface area contributed by atoms with Gasteiger partial charge in [0.05, 0.1) is 17.3 Å². The van der Waals surface area contributed by atoms with Crippen molar-refractivity contribution in [3.05, 3.63) is 56.1 Å². The lowest BCUT2D eigenvalue weighted by Crippen LogP contribution is -2.13. The molecular weight excluding hydrogens is 401 g/mol. The van der Waals surface area contributed by atoms with Crippen molar-refractivity contribution < 1.29 is 9.53 Å². The Bertz CT molecular complexity index is 673. The van der Waals surface area contributed by atoms with E-state index >= 15 is 0 Å². The molecule has 0 aliphatic heterocycles. The standard InChI is InChI=1S/C16H15ClINO2/c1-3-21-15-8-10(2)4-7-14(15)19-16(20)11-5-6-13(18)12(17)9-11/h4-9H,3H2,1-2H3,(H,19,20). The maximum Gasteiger partial charge on any atom is 0.255 e. The minimum Gasteiger partial charge on any atom is -0.492 e. The Morgan fingerprint density at radius 2 is 2.05 bits per heavy atom. The van der Waals surface area contributed by atoms with E-state index in [1.54, 1.807) is 12.1 Å². The van der Waals surface area contributed by atoms with Crippen LogP contribution in [-0.2, 0) is 0 Å². The van der Waals surface area contributed by atoms with Crippen molar-refractivity contribution in [2.75, 3.05) is 11.9 Å². The predicted octanol–water partition coefficient (Wildman–Crippen LogP) is 4.90. The minimum atomic E-state index is -0.210. The normalized spacial score (nSPS) is 10.3. The zero-order chi connectivity index (χ0) is 15.4. The van der Waals surface area contributed by atoms with Gasteiger partial charge in [-0.2, -0.15) is 0 Å². The third-order valence-electron chi connectivity index (χ3n) is 2.87. The fourth-order valence-corrected chi connectivity index (χ4v) is 2.36. The molecule has 2 aromatic rings. The highest BCUT2D eigenvalue weighted by Gasteiger charge is 2.11. The number of rotatable bonds is 4. The molecular formula is C16H15ClINO2. The van der Waals surface area contributed by atoms with Crippen LogP contribution in [0.3, 0.4) is 0 Å². The predicted molar refractivity (Wildman–Crippen MR) is 94.5 cm³/mol. The van der Waals surface area contributed by atoms with Gasteiger partial charge in [-0.05, 0) is 72.3 Å². The molecule has 0 aliphatic rings. The highest BCUT2D eigenvalue weighted by atomic mass is 127. The summed E-state index contributed by atoms with van der Waals surface area (Å²) in [5.74, 6) is 0.459. The summed E-state index contributed by atoms with van der Waals surface area (Å²) in [5.41, 5.74) is 2.25. The molecule has 21 heavy (non-hydrogen) atoms. The molecule has 0 spiro atoms. The molecule has 5 heteroatoms. The van der Waals surface area contributed by atoms with E-state index in [9.17, 15) is 4.79 Å². The molecule has 110 valence electrons. The summed E-state index contributed by atoms with van der Waals surface area (Å²) in [4.78, 5) is 12.3. The van der Waals surface area contributed by atoms with E-state index in [-0.39, 0.29) is 5.91 Å². The van der Waals surface area contributed by atoms with Crippen LogP contribution in [0.4, 0.5) is 5.69 Å². The second kappa shape index (κ2) is 7.13. The van der Waals surface area contributed by atoms with Crippen LogP contribution in [0, 0.1) is 10.5 Å². The number of amides is 1. The van der Waals surface area contributed by atoms with Crippen LogP contribution >= 0.6 is 34.2 Å². The molecule has 0 radical (unpaired) electrons. The average Bonchev–Trinajstić information content (AvgIpc) is 2.45. The Balaban J connectivity index is 2.24. The van der Waals surface area contributed by atoms with Crippen molar-refractivity contribution >= 4 is 45.8 Å². The van der Waals surface area contributed by atoms with Crippen LogP contribution in [-0.4, -0.2) is 12.5 Å². The van der Waals surface area contributed by atoms with Gasteiger partial charge in [0.15, 0.2) is 0 Å². The van der Waals surface area contributed by atoms with E-state index in [0.29, 0.717) is 28.6 Å². The molecule has 1 amide bonds. The quantitative estimate of drug-likeness (QED) is 0.721. The summed E-state index contributed by atoms with van der Waals surface area (Å²) >= 11 is 8.17. The van der Waals surface area contributed by atoms with Gasteiger partial charge in [-0.15, -0.1) is 0 Å². The lowest BCUT2D eigenvalue weighted by molar-refractivity contribution is 0.102. The van der Waals surface area contributed by atoms with Gasteiger partial charge in [0.2, 0.25) is 0 Å². The van der Waals surface area contributed by atoms with Crippen LogP contribution in [0.25, 0.3) is 0 Å². The molecule has 0 atom stereocenters. The van der Waals surface area contributed by atoms with Crippen molar-refractivity contribution in [2.24, 2.45) is 0 Å². The lowest BCUT2D eigenvalue weighted by atomic mass is 10.2. The van der Waals surface area contributed by atoms with Crippen molar-refractivity contribution in [2.45, 2.75) is 13.8 Å². The third-order valence-corrected chi connectivity index (χ3v) is 4.44. The molecule has 0 bridgehead atoms. The van der Waals surface area contributed by atoms with Gasteiger partial charge in [0, 0.05) is 9.13 Å². The summed E-state index contributed by atoms with van der Waals surface area (Å²) in [6.45, 7) is 4.43. The van der Waals surface area contributed by atoms with Gasteiger partial charge >= 0.3 is 0 Å². The number of anilines is 1. The zero-order valence-electron chi connectivity index (χ0n) is 11.7. The number of aryl methyl sites for hydroxylation is 1. The summed E-state index contributed by atoms with van der Waals surface area (Å²) in [6.07, 6.45) is 0. The van der Waals surface area contributed by atoms with Gasteiger partial charge in [0.25, 0.3) is 5.91 Å². The van der Waals surface area contributed by atoms with Crippen LogP contribution < -0.4 is 10.1 Å². The van der Waals surface area contributed by atoms with E-state index in [0.717, 1.165) is 9.13 Å². The molecule has 0 saturated carbocycles. The number of hydrogen-bond acceptors (Lipinski definition) is 2. The van der Waals surface area contributed by atoms with Crippen molar-refractivity contribution in [3.63, 3.8) is 0 Å². The fraction of sp³-hybridized carbons (Fsp3) is 0.188. The van der Waals surface area contributed by atoms with Crippen molar-refractivity contribution in [3.8, 4) is 5.75 Å². The summed E-state index contributed by atoms with van der Waals surface area (Å²) < 4.78 is 6.47. The van der Waals surface area contributed by atoms with E-state index in [4.69, 9.17) is 16.3 Å². The smallest absolute Gasteiger partial charge is 0.255 e. The van der Waals surface area contributed by atoms with Crippen molar-refractivity contribution in [1.82, 2.24) is 0 Å². The van der Waals surface area contributed by atoms with Gasteiger partial charge in [0.1, 0.15) is 5.75 Å². The van der Waals surface area contributed by atoms with E-state index in [1.165, 1.54) is 0 Å². The van der Waals surface area contributed by atoms with Gasteiger partial charge in [-0.1, -0.05) is 17.7 Å². The number of hydrogen-bond donors (Lipinski definition) is 1. The first-order valence-corrected chi connectivity index (χ1v) is 7.96. The summed E-state index contributed by atoms with van der Waals surface area (Å²) in [7, 11) is 0. The first-order valence-electron chi connectivity index (χ1n) is 6.51. The molecule has 0 unspecified atom stereocenters. The van der Waals surface area contributed by atoms with Crippen LogP contribution in [0.5, 0.6) is 5.75 Å². The average molecular weight is 416 g/mol. The number of carbonyl (C=O) groups is 1. The van der Waals surface area contributed by atoms with Gasteiger partial charge in [-0.25, -0.2) is 0 Å². The van der Waals surface area contributed by atoms with Gasteiger partial charge < -0.3 is 10.1 Å². The Morgan fingerprint density at radius 3 is 2.71 bits per heavy atom. The Morgan fingerprint density at radius 1 is 1.29 bits per heavy atom. The maximum atomic E-state index is 12.3. The summed E-state index contributed by atoms with van der Waals surface area (Å²) in [5, 5.41) is 3.43. The van der Waals surface area contributed by atoms with Crippen LogP contribution in [0.1, 0.15) is 22.8 Å². The Labute approximate surface area is 142 Å². The topological polar surface area (TPSA) is 38.3 Å². The van der Waals surface area contributed by atoms with E-state index in [1.807, 2.05) is 38.1 Å². The van der Waals surface area contributed by atoms with Crippen LogP contribution in [0.2, 0.25) is 5.02 Å². The molecule has 1 N–H and O–H groups in total. The minimum absolute atomic E-state index is 0.210. The number of halogens is 2. The molecule has 2 rings (SSSR count). The number of nitrogens with one attached hydrogen (secondary N) is 1. The Kier molecular flexibility index (Phi) is 5.47. The summed E-state index contributed by atoms with van der Waals surface area (Å²) in [6, 6.07) is 10.9. The Hall–Kier alpha value is -1.27. The van der Waals surface area contributed by atoms with Crippen molar-refractivity contribution in [1.29, 1.82) is 0 Å². The molecule has 0 saturated heterocycles. The molecule has 0 aliphatic carbocycles. The van der Waals surface area contributed by atoms with Gasteiger partial charge in [-0.3, -0.25) is 4.79 Å². The zero-order valence-corrected chi connectivity index (χ0v) is 14.7. The largest absolute Gasteiger partial charge is 0.492 e. The molecule has 3 nitrogen and oxygen atoms in total. The third kappa shape index (κ3) is 4.11. The molecule has 0 aromatic heterocycles. The highest BCUT2D eigenvalue weighted by Crippen LogP contribution is 2.27. The first kappa shape index (κ1) is 16.1.